The highest BCUT2D eigenvalue weighted by molar-refractivity contribution is 6.32. The number of nitrogens with one attached hydrogen (secondary N) is 1. The summed E-state index contributed by atoms with van der Waals surface area (Å²) in [5, 5.41) is 3.06. The van der Waals surface area contributed by atoms with E-state index in [1.54, 1.807) is 43.3 Å². The molecule has 0 radical (unpaired) electrons. The molecule has 146 valence electrons. The Labute approximate surface area is 167 Å². The second-order valence-corrected chi connectivity index (χ2v) is 6.73. The Morgan fingerprint density at radius 2 is 2.00 bits per heavy atom. The van der Waals surface area contributed by atoms with Gasteiger partial charge in [0.25, 0.3) is 5.91 Å². The highest BCUT2D eigenvalue weighted by Gasteiger charge is 2.33. The molecule has 8 heteroatoms. The number of hydrogen-bond acceptors (Lipinski definition) is 5. The smallest absolute Gasteiger partial charge is 0.268 e. The summed E-state index contributed by atoms with van der Waals surface area (Å²) < 4.78 is 10.7. The van der Waals surface area contributed by atoms with Gasteiger partial charge < -0.3 is 14.8 Å². The van der Waals surface area contributed by atoms with E-state index in [0.717, 1.165) is 0 Å². The molecule has 0 saturated heterocycles. The Kier molecular flexibility index (Phi) is 5.56. The maximum absolute atomic E-state index is 12.6. The van der Waals surface area contributed by atoms with Gasteiger partial charge in [-0.25, -0.2) is 0 Å². The van der Waals surface area contributed by atoms with E-state index in [1.807, 2.05) is 0 Å². The molecule has 2 aromatic carbocycles. The zero-order valence-corrected chi connectivity index (χ0v) is 16.4. The van der Waals surface area contributed by atoms with E-state index in [-0.39, 0.29) is 18.2 Å². The van der Waals surface area contributed by atoms with Crippen LogP contribution in [0.4, 0.5) is 11.4 Å². The monoisotopic (exact) mass is 402 g/mol. The molecule has 1 aliphatic heterocycles. The molecule has 2 amide bonds. The molecule has 28 heavy (non-hydrogen) atoms. The SMILES string of the molecule is COc1ccc(NC(=O)CN2C(=O)C(C)Oc3ccc(C(C)=O)cc32)cc1Cl. The molecule has 1 N–H and O–H groups in total. The Hall–Kier alpha value is -3.06. The van der Waals surface area contributed by atoms with Crippen molar-refractivity contribution >= 4 is 40.6 Å². The average molecular weight is 403 g/mol. The summed E-state index contributed by atoms with van der Waals surface area (Å²) in [7, 11) is 1.50. The van der Waals surface area contributed by atoms with Crippen molar-refractivity contribution in [3.05, 3.63) is 47.0 Å². The van der Waals surface area contributed by atoms with Gasteiger partial charge in [0.15, 0.2) is 11.9 Å². The third-order valence-corrected chi connectivity index (χ3v) is 4.61. The Morgan fingerprint density at radius 3 is 2.64 bits per heavy atom. The first-order valence-electron chi connectivity index (χ1n) is 8.56. The van der Waals surface area contributed by atoms with Crippen molar-refractivity contribution in [2.45, 2.75) is 20.0 Å². The summed E-state index contributed by atoms with van der Waals surface area (Å²) in [6.45, 7) is 2.81. The number of rotatable bonds is 5. The number of carbonyl (C=O) groups excluding carboxylic acids is 3. The molecular formula is C20H19ClN2O5. The largest absolute Gasteiger partial charge is 0.495 e. The summed E-state index contributed by atoms with van der Waals surface area (Å²) >= 11 is 6.07. The van der Waals surface area contributed by atoms with Gasteiger partial charge in [-0.15, -0.1) is 0 Å². The second kappa shape index (κ2) is 7.90. The molecule has 0 fully saturated rings. The average Bonchev–Trinajstić information content (AvgIpc) is 2.65. The first kappa shape index (κ1) is 19.7. The highest BCUT2D eigenvalue weighted by Crippen LogP contribution is 2.35. The van der Waals surface area contributed by atoms with Crippen LogP contribution in [0.2, 0.25) is 5.02 Å². The van der Waals surface area contributed by atoms with Crippen LogP contribution in [0.1, 0.15) is 24.2 Å². The fourth-order valence-corrected chi connectivity index (χ4v) is 3.14. The predicted molar refractivity (Wildman–Crippen MR) is 106 cm³/mol. The van der Waals surface area contributed by atoms with Gasteiger partial charge in [-0.3, -0.25) is 19.3 Å². The second-order valence-electron chi connectivity index (χ2n) is 6.32. The molecule has 1 unspecified atom stereocenters. The maximum Gasteiger partial charge on any atom is 0.268 e. The van der Waals surface area contributed by atoms with Crippen LogP contribution < -0.4 is 19.7 Å². The molecule has 0 saturated carbocycles. The van der Waals surface area contributed by atoms with Gasteiger partial charge in [-0.05, 0) is 50.2 Å². The molecule has 1 heterocycles. The van der Waals surface area contributed by atoms with E-state index in [9.17, 15) is 14.4 Å². The Bertz CT molecular complexity index is 960. The molecule has 2 aromatic rings. The number of amides is 2. The van der Waals surface area contributed by atoms with Crippen LogP contribution in [0.5, 0.6) is 11.5 Å². The third kappa shape index (κ3) is 3.94. The van der Waals surface area contributed by atoms with Gasteiger partial charge in [0.05, 0.1) is 17.8 Å². The normalized spacial score (nSPS) is 15.5. The molecule has 0 aliphatic carbocycles. The van der Waals surface area contributed by atoms with Crippen molar-refractivity contribution in [1.82, 2.24) is 0 Å². The van der Waals surface area contributed by atoms with Crippen molar-refractivity contribution in [2.75, 3.05) is 23.9 Å². The topological polar surface area (TPSA) is 84.9 Å². The molecule has 7 nitrogen and oxygen atoms in total. The molecular weight excluding hydrogens is 384 g/mol. The highest BCUT2D eigenvalue weighted by atomic mass is 35.5. The fourth-order valence-electron chi connectivity index (χ4n) is 2.88. The van der Waals surface area contributed by atoms with E-state index in [2.05, 4.69) is 5.32 Å². The van der Waals surface area contributed by atoms with Crippen LogP contribution >= 0.6 is 11.6 Å². The molecule has 0 bridgehead atoms. The van der Waals surface area contributed by atoms with Gasteiger partial charge in [-0.1, -0.05) is 11.6 Å². The summed E-state index contributed by atoms with van der Waals surface area (Å²) in [6, 6.07) is 9.65. The molecule has 0 aromatic heterocycles. The number of halogens is 1. The minimum Gasteiger partial charge on any atom is -0.495 e. The number of anilines is 2. The van der Waals surface area contributed by atoms with Crippen molar-refractivity contribution in [2.24, 2.45) is 0 Å². The lowest BCUT2D eigenvalue weighted by Gasteiger charge is -2.32. The van der Waals surface area contributed by atoms with E-state index < -0.39 is 12.0 Å². The van der Waals surface area contributed by atoms with E-state index >= 15 is 0 Å². The number of ketones is 1. The molecule has 1 atom stereocenters. The standard InChI is InChI=1S/C20H19ClN2O5/c1-11(24)13-4-6-18-16(8-13)23(20(26)12(2)28-18)10-19(25)22-14-5-7-17(27-3)15(21)9-14/h4-9,12H,10H2,1-3H3,(H,22,25). The first-order valence-corrected chi connectivity index (χ1v) is 8.94. The lowest BCUT2D eigenvalue weighted by Crippen LogP contribution is -2.47. The maximum atomic E-state index is 12.6. The summed E-state index contributed by atoms with van der Waals surface area (Å²) in [6.07, 6.45) is -0.737. The zero-order valence-electron chi connectivity index (χ0n) is 15.6. The van der Waals surface area contributed by atoms with Gasteiger partial charge in [0.2, 0.25) is 5.91 Å². The van der Waals surface area contributed by atoms with Crippen molar-refractivity contribution in [1.29, 1.82) is 0 Å². The number of carbonyl (C=O) groups is 3. The fraction of sp³-hybridized carbons (Fsp3) is 0.250. The molecule has 3 rings (SSSR count). The van der Waals surface area contributed by atoms with Crippen LogP contribution in [0.3, 0.4) is 0 Å². The number of methoxy groups -OCH3 is 1. The first-order chi connectivity index (χ1) is 13.3. The van der Waals surface area contributed by atoms with Crippen molar-refractivity contribution in [3.8, 4) is 11.5 Å². The number of nitrogens with zero attached hydrogens (tertiary/aromatic N) is 1. The van der Waals surface area contributed by atoms with Crippen LogP contribution in [0.25, 0.3) is 0 Å². The number of ether oxygens (including phenoxy) is 2. The zero-order chi connectivity index (χ0) is 20.4. The number of hydrogen-bond donors (Lipinski definition) is 1. The Balaban J connectivity index is 1.83. The lowest BCUT2D eigenvalue weighted by molar-refractivity contribution is -0.127. The third-order valence-electron chi connectivity index (χ3n) is 4.31. The predicted octanol–water partition coefficient (Wildman–Crippen LogP) is 3.30. The van der Waals surface area contributed by atoms with E-state index in [1.165, 1.54) is 18.9 Å². The van der Waals surface area contributed by atoms with Crippen molar-refractivity contribution < 1.29 is 23.9 Å². The van der Waals surface area contributed by atoms with E-state index in [0.29, 0.717) is 33.5 Å². The van der Waals surface area contributed by atoms with Gasteiger partial charge in [0, 0.05) is 11.3 Å². The number of benzene rings is 2. The van der Waals surface area contributed by atoms with Crippen LogP contribution in [-0.4, -0.2) is 37.4 Å². The quantitative estimate of drug-likeness (QED) is 0.775. The Morgan fingerprint density at radius 1 is 1.25 bits per heavy atom. The molecule has 1 aliphatic rings. The van der Waals surface area contributed by atoms with Crippen molar-refractivity contribution in [3.63, 3.8) is 0 Å². The van der Waals surface area contributed by atoms with Gasteiger partial charge in [0.1, 0.15) is 18.0 Å². The summed E-state index contributed by atoms with van der Waals surface area (Å²) in [4.78, 5) is 38.1. The van der Waals surface area contributed by atoms with Crippen LogP contribution in [0.15, 0.2) is 36.4 Å². The van der Waals surface area contributed by atoms with Crippen LogP contribution in [0, 0.1) is 0 Å². The number of fused-ring (bicyclic) bond motifs is 1. The minimum atomic E-state index is -0.737. The van der Waals surface area contributed by atoms with Gasteiger partial charge in [-0.2, -0.15) is 0 Å². The lowest BCUT2D eigenvalue weighted by atomic mass is 10.1. The van der Waals surface area contributed by atoms with E-state index in [4.69, 9.17) is 21.1 Å². The number of Topliss-reactive ketones (excluding diaryl/α,β-unsaturated/α-hetero) is 1. The van der Waals surface area contributed by atoms with Gasteiger partial charge >= 0.3 is 0 Å². The minimum absolute atomic E-state index is 0.147. The molecule has 0 spiro atoms. The summed E-state index contributed by atoms with van der Waals surface area (Å²) in [5.74, 6) is 0.00468. The van der Waals surface area contributed by atoms with Crippen LogP contribution in [-0.2, 0) is 9.59 Å². The summed E-state index contributed by atoms with van der Waals surface area (Å²) in [5.41, 5.74) is 1.29.